The molecule has 0 heterocycles. The van der Waals surface area contributed by atoms with Crippen LogP contribution < -0.4 is 10.5 Å². The third kappa shape index (κ3) is 6.01. The molecule has 15 heavy (non-hydrogen) atoms. The Kier molecular flexibility index (Phi) is 7.54. The average Bonchev–Trinajstić information content (AvgIpc) is 2.24. The molecule has 0 aromatic heterocycles. The highest BCUT2D eigenvalue weighted by Crippen LogP contribution is 2.14. The first kappa shape index (κ1) is 13.8. The van der Waals surface area contributed by atoms with E-state index in [-0.39, 0.29) is 5.75 Å². The fourth-order valence-electron chi connectivity index (χ4n) is 1.00. The second kappa shape index (κ2) is 8.17. The van der Waals surface area contributed by atoms with Gasteiger partial charge in [0.15, 0.2) is 0 Å². The van der Waals surface area contributed by atoms with Crippen LogP contribution in [0.1, 0.15) is 19.4 Å². The first-order chi connectivity index (χ1) is 7.22. The fourth-order valence-corrected chi connectivity index (χ4v) is 1.00. The van der Waals surface area contributed by atoms with Crippen molar-refractivity contribution in [1.82, 2.24) is 0 Å². The molecule has 1 aromatic carbocycles. The molecule has 2 nitrogen and oxygen atoms in total. The van der Waals surface area contributed by atoms with E-state index < -0.39 is 6.61 Å². The maximum Gasteiger partial charge on any atom is 0.387 e. The van der Waals surface area contributed by atoms with Crippen LogP contribution in [-0.4, -0.2) is 13.2 Å². The molecule has 2 N–H and O–H groups in total. The van der Waals surface area contributed by atoms with E-state index >= 15 is 0 Å². The molecule has 0 aliphatic heterocycles. The molecule has 0 saturated heterocycles. The molecule has 0 spiro atoms. The first-order valence-electron chi connectivity index (χ1n) is 4.96. The van der Waals surface area contributed by atoms with Crippen molar-refractivity contribution in [2.45, 2.75) is 26.9 Å². The summed E-state index contributed by atoms with van der Waals surface area (Å²) in [6.07, 6.45) is 0.745. The minimum absolute atomic E-state index is 0.177. The number of hydrogen-bond donors (Lipinski definition) is 1. The summed E-state index contributed by atoms with van der Waals surface area (Å²) in [5.41, 5.74) is 6.35. The topological polar surface area (TPSA) is 35.2 Å². The molecule has 0 amide bonds. The number of alkyl halides is 2. The molecule has 0 unspecified atom stereocenters. The van der Waals surface area contributed by atoms with Crippen LogP contribution in [-0.2, 0) is 6.42 Å². The highest BCUT2D eigenvalue weighted by molar-refractivity contribution is 5.27. The summed E-state index contributed by atoms with van der Waals surface area (Å²) >= 11 is 0. The lowest BCUT2D eigenvalue weighted by Gasteiger charge is -2.04. The van der Waals surface area contributed by atoms with Crippen molar-refractivity contribution in [2.75, 3.05) is 6.54 Å². The van der Waals surface area contributed by atoms with Gasteiger partial charge in [-0.25, -0.2) is 0 Å². The standard InChI is InChI=1S/C9H11F2NO.C2H6/c10-9(11)13-8-3-1-7(2-4-8)5-6-12;1-2/h1-4,9H,5-6,12H2;1-2H3. The molecule has 0 aliphatic carbocycles. The minimum atomic E-state index is -2.76. The average molecular weight is 217 g/mol. The monoisotopic (exact) mass is 217 g/mol. The van der Waals surface area contributed by atoms with Crippen molar-refractivity contribution in [2.24, 2.45) is 5.73 Å². The van der Waals surface area contributed by atoms with E-state index in [2.05, 4.69) is 4.74 Å². The van der Waals surface area contributed by atoms with E-state index in [9.17, 15) is 8.78 Å². The van der Waals surface area contributed by atoms with Gasteiger partial charge in [0, 0.05) is 0 Å². The normalized spacial score (nSPS) is 9.47. The van der Waals surface area contributed by atoms with Gasteiger partial charge < -0.3 is 10.5 Å². The Balaban J connectivity index is 0.000000921. The molecule has 0 atom stereocenters. The van der Waals surface area contributed by atoms with Gasteiger partial charge in [0.25, 0.3) is 0 Å². The zero-order valence-corrected chi connectivity index (χ0v) is 9.04. The second-order valence-corrected chi connectivity index (χ2v) is 2.56. The highest BCUT2D eigenvalue weighted by Gasteiger charge is 2.02. The van der Waals surface area contributed by atoms with Crippen molar-refractivity contribution in [3.8, 4) is 5.75 Å². The summed E-state index contributed by atoms with van der Waals surface area (Å²) in [6.45, 7) is 1.79. The summed E-state index contributed by atoms with van der Waals surface area (Å²) in [5, 5.41) is 0. The van der Waals surface area contributed by atoms with Crippen LogP contribution in [0.5, 0.6) is 5.75 Å². The van der Waals surface area contributed by atoms with Crippen molar-refractivity contribution in [3.05, 3.63) is 29.8 Å². The highest BCUT2D eigenvalue weighted by atomic mass is 19.3. The predicted octanol–water partition coefficient (Wildman–Crippen LogP) is 2.82. The Hall–Kier alpha value is -1.16. The van der Waals surface area contributed by atoms with Gasteiger partial charge in [-0.15, -0.1) is 0 Å². The van der Waals surface area contributed by atoms with Crippen molar-refractivity contribution in [1.29, 1.82) is 0 Å². The molecule has 0 radical (unpaired) electrons. The lowest BCUT2D eigenvalue weighted by Crippen LogP contribution is -2.04. The quantitative estimate of drug-likeness (QED) is 0.841. The molecule has 1 rings (SSSR count). The predicted molar refractivity (Wildman–Crippen MR) is 57.2 cm³/mol. The zero-order chi connectivity index (χ0) is 11.7. The molecule has 4 heteroatoms. The van der Waals surface area contributed by atoms with E-state index in [0.29, 0.717) is 6.54 Å². The number of halogens is 2. The molecule has 1 aromatic rings. The van der Waals surface area contributed by atoms with Gasteiger partial charge in [-0.2, -0.15) is 8.78 Å². The number of rotatable bonds is 4. The van der Waals surface area contributed by atoms with Gasteiger partial charge in [-0.05, 0) is 30.7 Å². The van der Waals surface area contributed by atoms with Crippen molar-refractivity contribution >= 4 is 0 Å². The molecule has 86 valence electrons. The first-order valence-corrected chi connectivity index (χ1v) is 4.96. The summed E-state index contributed by atoms with van der Waals surface area (Å²) in [7, 11) is 0. The van der Waals surface area contributed by atoms with Crippen LogP contribution >= 0.6 is 0 Å². The zero-order valence-electron chi connectivity index (χ0n) is 9.04. The molecule has 0 aliphatic rings. The van der Waals surface area contributed by atoms with Gasteiger partial charge in [-0.1, -0.05) is 26.0 Å². The Morgan fingerprint density at radius 1 is 1.20 bits per heavy atom. The van der Waals surface area contributed by atoms with E-state index in [1.165, 1.54) is 12.1 Å². The van der Waals surface area contributed by atoms with Gasteiger partial charge in [0.05, 0.1) is 0 Å². The largest absolute Gasteiger partial charge is 0.435 e. The van der Waals surface area contributed by atoms with Crippen LogP contribution in [0.25, 0.3) is 0 Å². The van der Waals surface area contributed by atoms with Crippen molar-refractivity contribution < 1.29 is 13.5 Å². The minimum Gasteiger partial charge on any atom is -0.435 e. The number of benzene rings is 1. The van der Waals surface area contributed by atoms with Gasteiger partial charge in [-0.3, -0.25) is 0 Å². The van der Waals surface area contributed by atoms with Crippen LogP contribution in [0.2, 0.25) is 0 Å². The molecular weight excluding hydrogens is 200 g/mol. The van der Waals surface area contributed by atoms with Gasteiger partial charge in [0.1, 0.15) is 5.75 Å². The third-order valence-electron chi connectivity index (χ3n) is 1.58. The van der Waals surface area contributed by atoms with Crippen LogP contribution in [0.15, 0.2) is 24.3 Å². The Bertz CT molecular complexity index is 249. The van der Waals surface area contributed by atoms with E-state index in [0.717, 1.165) is 12.0 Å². The van der Waals surface area contributed by atoms with Crippen LogP contribution in [0.4, 0.5) is 8.78 Å². The lowest BCUT2D eigenvalue weighted by molar-refractivity contribution is -0.0498. The number of hydrogen-bond acceptors (Lipinski definition) is 2. The molecule has 0 bridgehead atoms. The molecule has 0 saturated carbocycles. The smallest absolute Gasteiger partial charge is 0.387 e. The summed E-state index contributed by atoms with van der Waals surface area (Å²) in [6, 6.07) is 6.48. The SMILES string of the molecule is CC.NCCc1ccc(OC(F)F)cc1. The van der Waals surface area contributed by atoms with E-state index in [4.69, 9.17) is 5.73 Å². The van der Waals surface area contributed by atoms with Crippen molar-refractivity contribution in [3.63, 3.8) is 0 Å². The summed E-state index contributed by atoms with van der Waals surface area (Å²) in [4.78, 5) is 0. The molecular formula is C11H17F2NO. The number of nitrogens with two attached hydrogens (primary N) is 1. The number of ether oxygens (including phenoxy) is 1. The third-order valence-corrected chi connectivity index (χ3v) is 1.58. The maximum absolute atomic E-state index is 11.7. The Morgan fingerprint density at radius 3 is 2.13 bits per heavy atom. The summed E-state index contributed by atoms with van der Waals surface area (Å²) < 4.78 is 27.6. The maximum atomic E-state index is 11.7. The van der Waals surface area contributed by atoms with Crippen LogP contribution in [0, 0.1) is 0 Å². The lowest BCUT2D eigenvalue weighted by atomic mass is 10.1. The summed E-state index contributed by atoms with van der Waals surface area (Å²) in [5.74, 6) is 0.177. The van der Waals surface area contributed by atoms with E-state index in [1.807, 2.05) is 13.8 Å². The Labute approximate surface area is 89.0 Å². The molecule has 0 fully saturated rings. The fraction of sp³-hybridized carbons (Fsp3) is 0.455. The van der Waals surface area contributed by atoms with Gasteiger partial charge >= 0.3 is 6.61 Å². The Morgan fingerprint density at radius 2 is 1.73 bits per heavy atom. The van der Waals surface area contributed by atoms with Gasteiger partial charge in [0.2, 0.25) is 0 Å². The van der Waals surface area contributed by atoms with E-state index in [1.54, 1.807) is 12.1 Å². The second-order valence-electron chi connectivity index (χ2n) is 2.56. The van der Waals surface area contributed by atoms with Crippen LogP contribution in [0.3, 0.4) is 0 Å².